The molecule has 0 radical (unpaired) electrons. The molecule has 0 amide bonds. The lowest BCUT2D eigenvalue weighted by Crippen LogP contribution is -2.46. The van der Waals surface area contributed by atoms with Crippen LogP contribution < -0.4 is 5.73 Å². The zero-order chi connectivity index (χ0) is 13.0. The maximum Gasteiger partial charge on any atom is 0.353 e. The van der Waals surface area contributed by atoms with Crippen molar-refractivity contribution in [2.24, 2.45) is 5.73 Å². The Morgan fingerprint density at radius 1 is 1.25 bits per heavy atom. The first-order valence-electron chi connectivity index (χ1n) is 4.52. The third-order valence-corrected chi connectivity index (χ3v) is 3.91. The largest absolute Gasteiger partial charge is 0.353 e. The summed E-state index contributed by atoms with van der Waals surface area (Å²) in [5.41, 5.74) is 4.86. The molecule has 0 rings (SSSR count). The van der Waals surface area contributed by atoms with Crippen LogP contribution in [-0.2, 0) is 13.6 Å². The summed E-state index contributed by atoms with van der Waals surface area (Å²) >= 11 is 0. The molecule has 4 nitrogen and oxygen atoms in total. The summed E-state index contributed by atoms with van der Waals surface area (Å²) in [6.45, 7) is 2.26. The van der Waals surface area contributed by atoms with E-state index in [9.17, 15) is 22.1 Å². The average Bonchev–Trinajstić information content (AvgIpc) is 2.17. The van der Waals surface area contributed by atoms with E-state index in [0.29, 0.717) is 0 Å². The number of nitrogens with two attached hydrogens (primary N) is 1. The van der Waals surface area contributed by atoms with E-state index in [1.807, 2.05) is 0 Å². The minimum absolute atomic E-state index is 0.232. The molecule has 0 saturated heterocycles. The lowest BCUT2D eigenvalue weighted by atomic mass is 10.3. The van der Waals surface area contributed by atoms with Crippen LogP contribution in [0.25, 0.3) is 0 Å². The van der Waals surface area contributed by atoms with Gasteiger partial charge in [-0.1, -0.05) is 0 Å². The summed E-state index contributed by atoms with van der Waals surface area (Å²) in [6, 6.07) is 0. The van der Waals surface area contributed by atoms with E-state index < -0.39 is 25.7 Å². The SMILES string of the molecule is CCOP(=O)(OCC)C(N)C(F)(F)C(F)F. The van der Waals surface area contributed by atoms with Gasteiger partial charge in [0.25, 0.3) is 0 Å². The molecule has 98 valence electrons. The first-order valence-corrected chi connectivity index (χ1v) is 6.13. The number of alkyl halides is 4. The monoisotopic (exact) mass is 267 g/mol. The van der Waals surface area contributed by atoms with Gasteiger partial charge in [-0.05, 0) is 13.8 Å². The number of hydrogen-bond acceptors (Lipinski definition) is 4. The molecular weight excluding hydrogens is 253 g/mol. The fourth-order valence-electron chi connectivity index (χ4n) is 0.898. The highest BCUT2D eigenvalue weighted by Crippen LogP contribution is 2.56. The van der Waals surface area contributed by atoms with E-state index in [1.165, 1.54) is 13.8 Å². The predicted octanol–water partition coefficient (Wildman–Crippen LogP) is 2.44. The highest BCUT2D eigenvalue weighted by Gasteiger charge is 2.56. The van der Waals surface area contributed by atoms with Gasteiger partial charge < -0.3 is 14.8 Å². The fourth-order valence-corrected chi connectivity index (χ4v) is 2.55. The normalized spacial score (nSPS) is 15.5. The molecule has 0 aliphatic carbocycles. The van der Waals surface area contributed by atoms with Crippen LogP contribution in [0.3, 0.4) is 0 Å². The van der Waals surface area contributed by atoms with Gasteiger partial charge in [-0.3, -0.25) is 4.57 Å². The second-order valence-corrected chi connectivity index (χ2v) is 4.95. The van der Waals surface area contributed by atoms with E-state index in [4.69, 9.17) is 5.73 Å². The molecule has 0 spiro atoms. The van der Waals surface area contributed by atoms with Gasteiger partial charge in [0.05, 0.1) is 13.2 Å². The van der Waals surface area contributed by atoms with E-state index in [2.05, 4.69) is 9.05 Å². The number of rotatable bonds is 7. The molecule has 0 bridgehead atoms. The Balaban J connectivity index is 5.01. The lowest BCUT2D eigenvalue weighted by Gasteiger charge is -2.28. The van der Waals surface area contributed by atoms with Gasteiger partial charge in [-0.25, -0.2) is 8.78 Å². The van der Waals surface area contributed by atoms with Crippen LogP contribution in [0.2, 0.25) is 0 Å². The summed E-state index contributed by atoms with van der Waals surface area (Å²) in [4.78, 5) is 0. The molecule has 0 aliphatic rings. The van der Waals surface area contributed by atoms with Gasteiger partial charge in [-0.2, -0.15) is 8.78 Å². The van der Waals surface area contributed by atoms with Crippen molar-refractivity contribution in [1.82, 2.24) is 0 Å². The van der Waals surface area contributed by atoms with E-state index >= 15 is 0 Å². The minimum atomic E-state index is -4.63. The fraction of sp³-hybridized carbons (Fsp3) is 1.00. The summed E-state index contributed by atoms with van der Waals surface area (Å²) in [5, 5.41) is 0. The number of halogens is 4. The maximum atomic E-state index is 12.9. The van der Waals surface area contributed by atoms with Crippen LogP contribution in [0.1, 0.15) is 13.8 Å². The Morgan fingerprint density at radius 2 is 1.62 bits per heavy atom. The third-order valence-electron chi connectivity index (χ3n) is 1.64. The Kier molecular flexibility index (Phi) is 5.89. The quantitative estimate of drug-likeness (QED) is 0.568. The third kappa shape index (κ3) is 3.41. The summed E-state index contributed by atoms with van der Waals surface area (Å²) in [7, 11) is -4.44. The molecule has 0 fully saturated rings. The maximum absolute atomic E-state index is 12.9. The average molecular weight is 267 g/mol. The molecule has 0 aliphatic heterocycles. The molecule has 0 aromatic carbocycles. The Bertz CT molecular complexity index is 254. The minimum Gasteiger partial charge on any atom is -0.312 e. The Hall–Kier alpha value is -0.170. The van der Waals surface area contributed by atoms with Crippen LogP contribution in [-0.4, -0.2) is 31.3 Å². The molecule has 2 N–H and O–H groups in total. The zero-order valence-corrected chi connectivity index (χ0v) is 9.72. The molecule has 0 aromatic rings. The van der Waals surface area contributed by atoms with Gasteiger partial charge in [0, 0.05) is 0 Å². The second-order valence-electron chi connectivity index (χ2n) is 2.80. The van der Waals surface area contributed by atoms with Crippen LogP contribution in [0, 0.1) is 0 Å². The summed E-state index contributed by atoms with van der Waals surface area (Å²) in [6.07, 6.45) is -4.03. The van der Waals surface area contributed by atoms with Gasteiger partial charge in [0.2, 0.25) is 0 Å². The van der Waals surface area contributed by atoms with Crippen molar-refractivity contribution in [1.29, 1.82) is 0 Å². The Morgan fingerprint density at radius 3 is 1.88 bits per heavy atom. The second kappa shape index (κ2) is 5.95. The molecule has 16 heavy (non-hydrogen) atoms. The van der Waals surface area contributed by atoms with E-state index in [-0.39, 0.29) is 13.2 Å². The number of hydrogen-bond donors (Lipinski definition) is 1. The van der Waals surface area contributed by atoms with Crippen molar-refractivity contribution in [2.75, 3.05) is 13.2 Å². The molecule has 1 unspecified atom stereocenters. The summed E-state index contributed by atoms with van der Waals surface area (Å²) in [5.74, 6) is -7.31. The highest BCUT2D eigenvalue weighted by molar-refractivity contribution is 7.54. The van der Waals surface area contributed by atoms with Crippen LogP contribution in [0.15, 0.2) is 0 Å². The first-order chi connectivity index (χ1) is 7.22. The molecule has 0 aromatic heterocycles. The van der Waals surface area contributed by atoms with Crippen molar-refractivity contribution in [3.05, 3.63) is 0 Å². The van der Waals surface area contributed by atoms with Crippen molar-refractivity contribution in [3.63, 3.8) is 0 Å². The van der Waals surface area contributed by atoms with Gasteiger partial charge >= 0.3 is 19.9 Å². The molecule has 1 atom stereocenters. The van der Waals surface area contributed by atoms with Crippen molar-refractivity contribution in [3.8, 4) is 0 Å². The standard InChI is InChI=1S/C7H14F4NO3P/c1-3-14-16(13,15-4-2)6(12)7(10,11)5(8)9/h5-6H,3-4,12H2,1-2H3. The molecule has 0 heterocycles. The van der Waals surface area contributed by atoms with Gasteiger partial charge in [0.1, 0.15) is 0 Å². The zero-order valence-electron chi connectivity index (χ0n) is 8.83. The lowest BCUT2D eigenvalue weighted by molar-refractivity contribution is -0.132. The van der Waals surface area contributed by atoms with Crippen LogP contribution in [0.5, 0.6) is 0 Å². The van der Waals surface area contributed by atoms with Crippen molar-refractivity contribution in [2.45, 2.75) is 32.0 Å². The van der Waals surface area contributed by atoms with Gasteiger partial charge in [0.15, 0.2) is 5.78 Å². The highest BCUT2D eigenvalue weighted by atomic mass is 31.2. The van der Waals surface area contributed by atoms with E-state index in [0.717, 1.165) is 0 Å². The van der Waals surface area contributed by atoms with Gasteiger partial charge in [-0.15, -0.1) is 0 Å². The van der Waals surface area contributed by atoms with Crippen molar-refractivity contribution < 1.29 is 31.2 Å². The predicted molar refractivity (Wildman–Crippen MR) is 49.8 cm³/mol. The molecule has 0 saturated carbocycles. The smallest absolute Gasteiger partial charge is 0.312 e. The van der Waals surface area contributed by atoms with E-state index in [1.54, 1.807) is 0 Å². The molecular formula is C7H14F4NO3P. The van der Waals surface area contributed by atoms with Crippen molar-refractivity contribution >= 4 is 7.60 Å². The summed E-state index contributed by atoms with van der Waals surface area (Å²) < 4.78 is 70.4. The first kappa shape index (κ1) is 15.8. The Labute approximate surface area is 90.6 Å². The topological polar surface area (TPSA) is 61.5 Å². The van der Waals surface area contributed by atoms with Crippen LogP contribution in [0.4, 0.5) is 17.6 Å². The molecule has 9 heteroatoms. The van der Waals surface area contributed by atoms with Crippen LogP contribution >= 0.6 is 7.60 Å².